The fourth-order valence-corrected chi connectivity index (χ4v) is 9.84. The molecule has 0 unspecified atom stereocenters. The highest BCUT2D eigenvalue weighted by molar-refractivity contribution is 6.01. The minimum atomic E-state index is -1.45. The summed E-state index contributed by atoms with van der Waals surface area (Å²) in [5, 5.41) is 22.1. The van der Waals surface area contributed by atoms with E-state index >= 15 is 0 Å². The van der Waals surface area contributed by atoms with Crippen LogP contribution in [0.25, 0.3) is 0 Å². The van der Waals surface area contributed by atoms with Gasteiger partial charge < -0.3 is 30.0 Å². The summed E-state index contributed by atoms with van der Waals surface area (Å²) in [6, 6.07) is 10.8. The van der Waals surface area contributed by atoms with Crippen LogP contribution in [0.4, 0.5) is 5.69 Å². The lowest BCUT2D eigenvalue weighted by Gasteiger charge is -2.59. The number of carbonyl (C=O) groups is 3. The van der Waals surface area contributed by atoms with Crippen LogP contribution in [-0.2, 0) is 32.5 Å². The number of rotatable bonds is 6. The third kappa shape index (κ3) is 3.95. The van der Waals surface area contributed by atoms with Crippen molar-refractivity contribution in [2.45, 2.75) is 70.1 Å². The van der Waals surface area contributed by atoms with Crippen LogP contribution in [0.3, 0.4) is 0 Å². The van der Waals surface area contributed by atoms with Crippen molar-refractivity contribution in [3.63, 3.8) is 0 Å². The number of ketones is 3. The molecule has 4 aliphatic carbocycles. The zero-order chi connectivity index (χ0) is 31.2. The standard InChI is InChI=1S/C35H40N2O7/c1-33-12-11-22(39)15-20(33)7-8-23-24-16-30-35(29(42)18-38,34(24,2)17-28(41)31(23)33)44-32(43-30)26-10-9-25(37(26)3)27(40)14-19-5-4-6-21(36)13-19/h4-6,9-13,15,23-24,28,30-32,38,41H,7-8,14,16-18,36H2,1-3H3/t23-,24-,28-,30+,31+,32+,33-,34-,35+/m0/s1. The Hall–Kier alpha value is -3.37. The zero-order valence-corrected chi connectivity index (χ0v) is 25.4. The first-order valence-electron chi connectivity index (χ1n) is 15.6. The number of hydrogen-bond donors (Lipinski definition) is 3. The molecule has 4 fully saturated rings. The molecule has 9 heteroatoms. The second kappa shape index (κ2) is 10.1. The molecule has 1 aromatic carbocycles. The van der Waals surface area contributed by atoms with Crippen LogP contribution in [0.2, 0.25) is 0 Å². The van der Waals surface area contributed by atoms with E-state index in [9.17, 15) is 24.6 Å². The monoisotopic (exact) mass is 600 g/mol. The van der Waals surface area contributed by atoms with Crippen LogP contribution in [0, 0.1) is 28.6 Å². The molecule has 9 atom stereocenters. The molecule has 1 aliphatic heterocycles. The first kappa shape index (κ1) is 29.3. The Morgan fingerprint density at radius 1 is 1.18 bits per heavy atom. The van der Waals surface area contributed by atoms with Gasteiger partial charge in [0.1, 0.15) is 6.61 Å². The lowest BCUT2D eigenvalue weighted by molar-refractivity contribution is -0.202. The molecular formula is C35H40N2O7. The number of aliphatic hydroxyl groups excluding tert-OH is 2. The largest absolute Gasteiger partial charge is 0.399 e. The Labute approximate surface area is 256 Å². The number of aliphatic hydroxyl groups is 2. The predicted octanol–water partition coefficient (Wildman–Crippen LogP) is 3.64. The van der Waals surface area contributed by atoms with Gasteiger partial charge in [-0.25, -0.2) is 0 Å². The van der Waals surface area contributed by atoms with Crippen molar-refractivity contribution in [2.75, 3.05) is 12.3 Å². The summed E-state index contributed by atoms with van der Waals surface area (Å²) in [6.07, 6.45) is 5.58. The van der Waals surface area contributed by atoms with Crippen molar-refractivity contribution >= 4 is 23.0 Å². The van der Waals surface area contributed by atoms with Gasteiger partial charge in [-0.1, -0.05) is 37.6 Å². The van der Waals surface area contributed by atoms with Gasteiger partial charge in [0.25, 0.3) is 0 Å². The summed E-state index contributed by atoms with van der Waals surface area (Å²) >= 11 is 0. The number of nitrogens with two attached hydrogens (primary N) is 1. The second-order valence-electron chi connectivity index (χ2n) is 13.9. The summed E-state index contributed by atoms with van der Waals surface area (Å²) in [7, 11) is 1.78. The van der Waals surface area contributed by atoms with Crippen molar-refractivity contribution in [1.29, 1.82) is 0 Å². The van der Waals surface area contributed by atoms with E-state index in [1.54, 1.807) is 48.0 Å². The number of nitrogens with zero attached hydrogens (tertiary/aromatic N) is 1. The molecule has 0 spiro atoms. The molecule has 0 radical (unpaired) electrons. The number of anilines is 1. The summed E-state index contributed by atoms with van der Waals surface area (Å²) in [5.41, 5.74) is 6.76. The van der Waals surface area contributed by atoms with Gasteiger partial charge in [-0.3, -0.25) is 14.4 Å². The van der Waals surface area contributed by atoms with Crippen molar-refractivity contribution in [2.24, 2.45) is 35.6 Å². The van der Waals surface area contributed by atoms with Gasteiger partial charge in [0.05, 0.1) is 23.6 Å². The van der Waals surface area contributed by atoms with E-state index in [0.717, 1.165) is 24.0 Å². The van der Waals surface area contributed by atoms with E-state index in [4.69, 9.17) is 15.2 Å². The van der Waals surface area contributed by atoms with E-state index in [1.807, 2.05) is 25.1 Å². The molecule has 1 aromatic heterocycles. The van der Waals surface area contributed by atoms with Crippen LogP contribution in [-0.4, -0.2) is 56.5 Å². The Bertz CT molecular complexity index is 1620. The molecule has 2 aromatic rings. The first-order chi connectivity index (χ1) is 20.9. The maximum Gasteiger partial charge on any atom is 0.200 e. The molecule has 0 bridgehead atoms. The van der Waals surface area contributed by atoms with Crippen molar-refractivity contribution in [3.05, 3.63) is 77.2 Å². The van der Waals surface area contributed by atoms with Crippen LogP contribution >= 0.6 is 0 Å². The van der Waals surface area contributed by atoms with E-state index < -0.39 is 47.3 Å². The predicted molar refractivity (Wildman–Crippen MR) is 161 cm³/mol. The smallest absolute Gasteiger partial charge is 0.200 e. The molecule has 44 heavy (non-hydrogen) atoms. The number of aromatic nitrogens is 1. The topological polar surface area (TPSA) is 141 Å². The third-order valence-electron chi connectivity index (χ3n) is 11.8. The first-order valence-corrected chi connectivity index (χ1v) is 15.6. The molecule has 9 nitrogen and oxygen atoms in total. The number of fused-ring (bicyclic) bond motifs is 7. The summed E-state index contributed by atoms with van der Waals surface area (Å²) in [4.78, 5) is 39.2. The van der Waals surface area contributed by atoms with E-state index in [-0.39, 0.29) is 35.7 Å². The number of nitrogen functional groups attached to an aromatic ring is 1. The number of Topliss-reactive ketones (excluding diaryl/α,β-unsaturated/α-hetero) is 2. The Balaban J connectivity index is 1.19. The lowest BCUT2D eigenvalue weighted by atomic mass is 9.46. The summed E-state index contributed by atoms with van der Waals surface area (Å²) < 4.78 is 15.0. The fraction of sp³-hybridized carbons (Fsp3) is 0.514. The summed E-state index contributed by atoms with van der Waals surface area (Å²) in [6.45, 7) is 3.42. The van der Waals surface area contributed by atoms with Crippen LogP contribution in [0.5, 0.6) is 0 Å². The number of hydrogen-bond acceptors (Lipinski definition) is 8. The van der Waals surface area contributed by atoms with E-state index in [1.165, 1.54) is 0 Å². The highest BCUT2D eigenvalue weighted by atomic mass is 16.7. The number of benzene rings is 1. The maximum absolute atomic E-state index is 13.8. The van der Waals surface area contributed by atoms with Gasteiger partial charge >= 0.3 is 0 Å². The Morgan fingerprint density at radius 3 is 2.73 bits per heavy atom. The number of allylic oxidation sites excluding steroid dienone is 4. The molecular weight excluding hydrogens is 560 g/mol. The van der Waals surface area contributed by atoms with Gasteiger partial charge in [-0.2, -0.15) is 0 Å². The van der Waals surface area contributed by atoms with Crippen molar-refractivity contribution < 1.29 is 34.1 Å². The molecule has 1 saturated heterocycles. The number of carbonyl (C=O) groups excluding carboxylic acids is 3. The normalized spacial score (nSPS) is 38.8. The van der Waals surface area contributed by atoms with Crippen LogP contribution in [0.1, 0.15) is 67.6 Å². The van der Waals surface area contributed by atoms with Gasteiger partial charge in [0.15, 0.2) is 23.0 Å². The van der Waals surface area contributed by atoms with Gasteiger partial charge in [-0.05, 0) is 79.5 Å². The molecule has 3 saturated carbocycles. The highest BCUT2D eigenvalue weighted by Gasteiger charge is 2.76. The lowest BCUT2D eigenvalue weighted by Crippen LogP contribution is -2.63. The van der Waals surface area contributed by atoms with Gasteiger partial charge in [0.2, 0.25) is 6.29 Å². The molecule has 4 N–H and O–H groups in total. The Kier molecular flexibility index (Phi) is 6.72. The molecule has 2 heterocycles. The molecule has 5 aliphatic rings. The fourth-order valence-electron chi connectivity index (χ4n) is 9.84. The molecule has 0 amide bonds. The second-order valence-corrected chi connectivity index (χ2v) is 13.9. The van der Waals surface area contributed by atoms with Crippen molar-refractivity contribution in [1.82, 2.24) is 4.57 Å². The van der Waals surface area contributed by atoms with Crippen LogP contribution < -0.4 is 5.73 Å². The minimum absolute atomic E-state index is 0.00520. The minimum Gasteiger partial charge on any atom is -0.399 e. The number of ether oxygens (including phenoxy) is 2. The van der Waals surface area contributed by atoms with Gasteiger partial charge in [-0.15, -0.1) is 0 Å². The Morgan fingerprint density at radius 2 is 1.98 bits per heavy atom. The van der Waals surface area contributed by atoms with E-state index in [2.05, 4.69) is 6.92 Å². The molecule has 232 valence electrons. The maximum atomic E-state index is 13.8. The highest BCUT2D eigenvalue weighted by Crippen LogP contribution is 2.70. The van der Waals surface area contributed by atoms with Crippen molar-refractivity contribution in [3.8, 4) is 0 Å². The quantitative estimate of drug-likeness (QED) is 0.337. The van der Waals surface area contributed by atoms with Crippen LogP contribution in [0.15, 0.2) is 60.2 Å². The average molecular weight is 601 g/mol. The van der Waals surface area contributed by atoms with Gasteiger partial charge in [0, 0.05) is 35.9 Å². The summed E-state index contributed by atoms with van der Waals surface area (Å²) in [5.74, 6) is -0.576. The SMILES string of the molecule is Cn1c(C(=O)Cc2cccc(N)c2)ccc1[C@@H]1O[C@@H]2C[C@H]3[C@@H]4CCC5=CC(=O)C=C[C@]5(C)[C@H]4[C@@H](O)C[C@]3(C)[C@]2(C(=O)CO)O1. The average Bonchev–Trinajstić information content (AvgIpc) is 3.62. The van der Waals surface area contributed by atoms with E-state index in [0.29, 0.717) is 29.9 Å². The zero-order valence-electron chi connectivity index (χ0n) is 25.4. The molecule has 7 rings (SSSR count). The third-order valence-corrected chi connectivity index (χ3v) is 11.8.